The lowest BCUT2D eigenvalue weighted by Gasteiger charge is -2.06. The van der Waals surface area contributed by atoms with E-state index in [-0.39, 0.29) is 20.3 Å². The van der Waals surface area contributed by atoms with Crippen LogP contribution in [0.15, 0.2) is 100 Å². The summed E-state index contributed by atoms with van der Waals surface area (Å²) >= 11 is 13.2. The Bertz CT molecular complexity index is 1870. The Morgan fingerprint density at radius 3 is 2.37 bits per heavy atom. The maximum Gasteiger partial charge on any atom is 0.273 e. The minimum Gasteiger partial charge on any atom is -0.457 e. The average molecular weight is 558 g/mol. The minimum absolute atomic E-state index is 0.194. The first-order valence-corrected chi connectivity index (χ1v) is 12.9. The summed E-state index contributed by atoms with van der Waals surface area (Å²) in [4.78, 5) is 26.7. The van der Waals surface area contributed by atoms with Crippen LogP contribution in [0.1, 0.15) is 5.76 Å². The van der Waals surface area contributed by atoms with E-state index in [2.05, 4.69) is 5.32 Å². The lowest BCUT2D eigenvalue weighted by Crippen LogP contribution is -2.32. The Morgan fingerprint density at radius 1 is 0.947 bits per heavy atom. The zero-order chi connectivity index (χ0) is 26.6. The molecule has 0 saturated carbocycles. The summed E-state index contributed by atoms with van der Waals surface area (Å²) in [6, 6.07) is 28.1. The monoisotopic (exact) mass is 557 g/mol. The Morgan fingerprint density at radius 2 is 1.66 bits per heavy atom. The molecule has 0 atom stereocenters. The van der Waals surface area contributed by atoms with Gasteiger partial charge in [0, 0.05) is 22.3 Å². The Labute approximate surface area is 230 Å². The molecule has 38 heavy (non-hydrogen) atoms. The number of hydrogen-bond acceptors (Lipinski definition) is 5. The first kappa shape index (κ1) is 25.3. The van der Waals surface area contributed by atoms with Gasteiger partial charge in [-0.2, -0.15) is 5.26 Å². The largest absolute Gasteiger partial charge is 0.457 e. The number of furan rings is 1. The van der Waals surface area contributed by atoms with Crippen molar-refractivity contribution in [3.63, 3.8) is 0 Å². The van der Waals surface area contributed by atoms with Crippen molar-refractivity contribution in [2.24, 2.45) is 0 Å². The molecule has 1 N–H and O–H groups in total. The molecule has 0 saturated heterocycles. The Hall–Kier alpha value is -4.35. The summed E-state index contributed by atoms with van der Waals surface area (Å²) in [5.74, 6) is 0.328. The van der Waals surface area contributed by atoms with Crippen molar-refractivity contribution < 1.29 is 9.21 Å². The van der Waals surface area contributed by atoms with E-state index >= 15 is 0 Å². The number of anilines is 1. The summed E-state index contributed by atoms with van der Waals surface area (Å²) in [7, 11) is 0. The fourth-order valence-corrected chi connectivity index (χ4v) is 5.19. The zero-order valence-electron chi connectivity index (χ0n) is 19.5. The maximum atomic E-state index is 13.6. The van der Waals surface area contributed by atoms with Gasteiger partial charge in [0.25, 0.3) is 11.5 Å². The number of halogens is 2. The first-order valence-electron chi connectivity index (χ1n) is 11.3. The number of hydrogen-bond donors (Lipinski definition) is 1. The van der Waals surface area contributed by atoms with Gasteiger partial charge in [0.2, 0.25) is 0 Å². The molecule has 0 bridgehead atoms. The van der Waals surface area contributed by atoms with E-state index in [1.165, 1.54) is 4.57 Å². The lowest BCUT2D eigenvalue weighted by molar-refractivity contribution is -0.111. The van der Waals surface area contributed by atoms with Gasteiger partial charge in [0.1, 0.15) is 22.3 Å². The van der Waals surface area contributed by atoms with Crippen LogP contribution >= 0.6 is 34.5 Å². The second kappa shape index (κ2) is 11.0. The normalized spacial score (nSPS) is 12.2. The molecule has 2 heterocycles. The van der Waals surface area contributed by atoms with E-state index in [9.17, 15) is 14.9 Å². The Kier molecular flexibility index (Phi) is 7.29. The molecule has 0 aliphatic carbocycles. The van der Waals surface area contributed by atoms with E-state index in [0.717, 1.165) is 16.9 Å². The van der Waals surface area contributed by atoms with Crippen LogP contribution in [0.2, 0.25) is 10.0 Å². The highest BCUT2D eigenvalue weighted by Gasteiger charge is 2.18. The number of benzene rings is 3. The quantitative estimate of drug-likeness (QED) is 0.304. The number of rotatable bonds is 5. The third-order valence-electron chi connectivity index (χ3n) is 5.53. The molecule has 0 radical (unpaired) electrons. The molecule has 2 aromatic heterocycles. The molecular formula is C29H17Cl2N3O3S. The van der Waals surface area contributed by atoms with Gasteiger partial charge in [-0.1, -0.05) is 53.5 Å². The predicted molar refractivity (Wildman–Crippen MR) is 151 cm³/mol. The van der Waals surface area contributed by atoms with Crippen LogP contribution in [0.5, 0.6) is 0 Å². The molecule has 5 rings (SSSR count). The first-order chi connectivity index (χ1) is 18.4. The standard InChI is InChI=1S/C29H17Cl2N3O3S/c30-18-10-12-19(13-11-18)33-27(35)23(17-32)29-34(20-6-2-1-3-7-20)28(36)26(38-29)16-21-14-15-25(37-21)22-8-4-5-9-24(22)31/h1-16H,(H,33,35)/b26-16+,29-23-. The second-order valence-corrected chi connectivity index (χ2v) is 9.90. The third-order valence-corrected chi connectivity index (χ3v) is 7.21. The molecule has 0 aliphatic rings. The predicted octanol–water partition coefficient (Wildman–Crippen LogP) is 5.61. The van der Waals surface area contributed by atoms with Gasteiger partial charge < -0.3 is 9.73 Å². The van der Waals surface area contributed by atoms with E-state index in [1.807, 2.05) is 30.3 Å². The van der Waals surface area contributed by atoms with Crippen molar-refractivity contribution in [1.29, 1.82) is 5.26 Å². The summed E-state index contributed by atoms with van der Waals surface area (Å²) in [6.45, 7) is 0. The zero-order valence-corrected chi connectivity index (χ0v) is 21.8. The van der Waals surface area contributed by atoms with Crippen molar-refractivity contribution in [2.45, 2.75) is 0 Å². The van der Waals surface area contributed by atoms with Crippen molar-refractivity contribution in [2.75, 3.05) is 5.32 Å². The topological polar surface area (TPSA) is 88.0 Å². The molecule has 6 nitrogen and oxygen atoms in total. The van der Waals surface area contributed by atoms with Crippen LogP contribution in [-0.4, -0.2) is 10.5 Å². The lowest BCUT2D eigenvalue weighted by atomic mass is 10.2. The summed E-state index contributed by atoms with van der Waals surface area (Å²) in [5, 5.41) is 13.7. The van der Waals surface area contributed by atoms with E-state index in [4.69, 9.17) is 27.6 Å². The van der Waals surface area contributed by atoms with Crippen molar-refractivity contribution in [3.8, 4) is 23.1 Å². The van der Waals surface area contributed by atoms with Gasteiger partial charge in [-0.3, -0.25) is 14.2 Å². The van der Waals surface area contributed by atoms with Crippen LogP contribution in [0.4, 0.5) is 5.69 Å². The van der Waals surface area contributed by atoms with Gasteiger partial charge >= 0.3 is 0 Å². The van der Waals surface area contributed by atoms with Crippen molar-refractivity contribution in [1.82, 2.24) is 4.57 Å². The van der Waals surface area contributed by atoms with Crippen LogP contribution < -0.4 is 20.1 Å². The number of para-hydroxylation sites is 1. The second-order valence-electron chi connectivity index (χ2n) is 8.02. The molecular weight excluding hydrogens is 541 g/mol. The number of thiazole rings is 1. The molecule has 5 aromatic rings. The smallest absolute Gasteiger partial charge is 0.273 e. The molecule has 186 valence electrons. The molecule has 1 amide bonds. The van der Waals surface area contributed by atoms with Gasteiger partial charge in [-0.15, -0.1) is 11.3 Å². The van der Waals surface area contributed by atoms with Gasteiger partial charge in [0.05, 0.1) is 15.2 Å². The summed E-state index contributed by atoms with van der Waals surface area (Å²) < 4.78 is 7.78. The molecule has 0 fully saturated rings. The van der Waals surface area contributed by atoms with Gasteiger partial charge in [0.15, 0.2) is 5.57 Å². The molecule has 0 spiro atoms. The fourth-order valence-electron chi connectivity index (χ4n) is 3.75. The van der Waals surface area contributed by atoms with E-state index in [1.54, 1.807) is 72.8 Å². The van der Waals surface area contributed by atoms with Crippen LogP contribution in [-0.2, 0) is 4.79 Å². The average Bonchev–Trinajstić information content (AvgIpc) is 3.51. The van der Waals surface area contributed by atoms with Crippen LogP contribution in [0, 0.1) is 11.3 Å². The highest BCUT2D eigenvalue weighted by atomic mass is 35.5. The SMILES string of the molecule is N#C/C(C(=O)Nc1ccc(Cl)cc1)=c1/s/c(=C/c2ccc(-c3ccccc3Cl)o2)c(=O)n1-c1ccccc1. The number of carbonyl (C=O) groups excluding carboxylic acids is 1. The molecule has 9 heteroatoms. The number of carbonyl (C=O) groups is 1. The van der Waals surface area contributed by atoms with E-state index < -0.39 is 5.91 Å². The van der Waals surface area contributed by atoms with E-state index in [0.29, 0.717) is 32.9 Å². The van der Waals surface area contributed by atoms with Crippen LogP contribution in [0.25, 0.3) is 28.7 Å². The molecule has 0 unspecified atom stereocenters. The number of nitriles is 1. The van der Waals surface area contributed by atoms with Crippen molar-refractivity contribution in [3.05, 3.63) is 126 Å². The number of aromatic nitrogens is 1. The third kappa shape index (κ3) is 5.20. The highest BCUT2D eigenvalue weighted by Crippen LogP contribution is 2.29. The molecule has 0 aliphatic heterocycles. The minimum atomic E-state index is -0.647. The Balaban J connectivity index is 1.66. The summed E-state index contributed by atoms with van der Waals surface area (Å²) in [5.41, 5.74) is 1.11. The number of amides is 1. The molecule has 3 aromatic carbocycles. The summed E-state index contributed by atoms with van der Waals surface area (Å²) in [6.07, 6.45) is 1.59. The van der Waals surface area contributed by atoms with Crippen molar-refractivity contribution >= 4 is 57.8 Å². The van der Waals surface area contributed by atoms with Gasteiger partial charge in [-0.05, 0) is 60.7 Å². The number of nitrogens with one attached hydrogen (secondary N) is 1. The van der Waals surface area contributed by atoms with Gasteiger partial charge in [-0.25, -0.2) is 0 Å². The highest BCUT2D eigenvalue weighted by molar-refractivity contribution is 7.07. The fraction of sp³-hybridized carbons (Fsp3) is 0. The maximum absolute atomic E-state index is 13.6. The van der Waals surface area contributed by atoms with Crippen LogP contribution in [0.3, 0.4) is 0 Å². The number of nitrogens with zero attached hydrogens (tertiary/aromatic N) is 2.